The maximum absolute atomic E-state index is 13.1. The quantitative estimate of drug-likeness (QED) is 0.742. The molecule has 1 fully saturated rings. The Morgan fingerprint density at radius 3 is 2.88 bits per heavy atom. The van der Waals surface area contributed by atoms with Crippen molar-refractivity contribution >= 4 is 22.8 Å². The van der Waals surface area contributed by atoms with Crippen molar-refractivity contribution in [1.29, 1.82) is 0 Å². The van der Waals surface area contributed by atoms with Crippen molar-refractivity contribution in [3.8, 4) is 0 Å². The molecule has 3 aromatic heterocycles. The summed E-state index contributed by atoms with van der Waals surface area (Å²) in [6.07, 6.45) is -0.723. The fourth-order valence-corrected chi connectivity index (χ4v) is 3.08. The number of anilines is 2. The van der Waals surface area contributed by atoms with Crippen molar-refractivity contribution in [1.82, 2.24) is 24.9 Å². The molecule has 10 heteroatoms. The predicted molar refractivity (Wildman–Crippen MR) is 89.7 cm³/mol. The van der Waals surface area contributed by atoms with E-state index in [0.717, 1.165) is 12.2 Å². The molecule has 1 atom stereocenters. The molecule has 0 spiro atoms. The molecule has 0 radical (unpaired) electrons. The number of alkyl halides is 3. The van der Waals surface area contributed by atoms with Crippen LogP contribution in [0.5, 0.6) is 0 Å². The van der Waals surface area contributed by atoms with E-state index >= 15 is 0 Å². The van der Waals surface area contributed by atoms with Crippen molar-refractivity contribution in [3.05, 3.63) is 36.5 Å². The lowest BCUT2D eigenvalue weighted by molar-refractivity contribution is -0.144. The Morgan fingerprint density at radius 2 is 2.12 bits per heavy atom. The van der Waals surface area contributed by atoms with Gasteiger partial charge in [-0.2, -0.15) is 13.2 Å². The summed E-state index contributed by atoms with van der Waals surface area (Å²) in [5, 5.41) is 3.26. The minimum atomic E-state index is -4.61. The molecular weight excluding hydrogens is 347 g/mol. The van der Waals surface area contributed by atoms with Gasteiger partial charge in [0.2, 0.25) is 5.82 Å². The molecule has 0 aromatic carbocycles. The van der Waals surface area contributed by atoms with Crippen LogP contribution in [0.4, 0.5) is 24.8 Å². The second-order valence-electron chi connectivity index (χ2n) is 6.17. The molecule has 3 aromatic rings. The number of aromatic nitrogens is 5. The van der Waals surface area contributed by atoms with Crippen molar-refractivity contribution in [3.63, 3.8) is 0 Å². The summed E-state index contributed by atoms with van der Waals surface area (Å²) >= 11 is 0. The topological polar surface area (TPSA) is 82.6 Å². The summed E-state index contributed by atoms with van der Waals surface area (Å²) in [6.45, 7) is 1.91. The van der Waals surface area contributed by atoms with E-state index in [1.165, 1.54) is 6.33 Å². The molecule has 0 aliphatic carbocycles. The van der Waals surface area contributed by atoms with E-state index in [2.05, 4.69) is 30.2 Å². The predicted octanol–water partition coefficient (Wildman–Crippen LogP) is 2.71. The molecule has 1 saturated heterocycles. The summed E-state index contributed by atoms with van der Waals surface area (Å²) < 4.78 is 39.2. The molecule has 2 N–H and O–H groups in total. The SMILES string of the molecule is FC(F)(F)c1nc(N2CCC(CNc3ccccn3)C2)c2[nH]cnc2n1. The molecule has 4 rings (SSSR count). The van der Waals surface area contributed by atoms with Crippen molar-refractivity contribution in [2.45, 2.75) is 12.6 Å². The Hall–Kier alpha value is -2.91. The van der Waals surface area contributed by atoms with Crippen LogP contribution in [0.15, 0.2) is 30.7 Å². The van der Waals surface area contributed by atoms with Gasteiger partial charge in [0, 0.05) is 25.8 Å². The number of hydrogen-bond donors (Lipinski definition) is 2. The molecule has 1 aliphatic heterocycles. The number of nitrogens with one attached hydrogen (secondary N) is 2. The zero-order valence-corrected chi connectivity index (χ0v) is 13.7. The Labute approximate surface area is 146 Å². The van der Waals surface area contributed by atoms with Crippen LogP contribution in [-0.2, 0) is 6.18 Å². The Kier molecular flexibility index (Phi) is 4.09. The third-order valence-corrected chi connectivity index (χ3v) is 4.34. The lowest BCUT2D eigenvalue weighted by Crippen LogP contribution is -2.25. The minimum absolute atomic E-state index is 0.0254. The third-order valence-electron chi connectivity index (χ3n) is 4.34. The summed E-state index contributed by atoms with van der Waals surface area (Å²) in [5.74, 6) is 0.143. The van der Waals surface area contributed by atoms with Crippen molar-refractivity contribution < 1.29 is 13.2 Å². The van der Waals surface area contributed by atoms with Gasteiger partial charge in [-0.15, -0.1) is 0 Å². The van der Waals surface area contributed by atoms with Crippen molar-refractivity contribution in [2.24, 2.45) is 5.92 Å². The fourth-order valence-electron chi connectivity index (χ4n) is 3.08. The van der Waals surface area contributed by atoms with Crippen LogP contribution in [0, 0.1) is 5.92 Å². The molecule has 7 nitrogen and oxygen atoms in total. The monoisotopic (exact) mass is 363 g/mol. The molecule has 1 aliphatic rings. The second kappa shape index (κ2) is 6.43. The Bertz CT molecular complexity index is 894. The van der Waals surface area contributed by atoms with Gasteiger partial charge < -0.3 is 15.2 Å². The first-order valence-electron chi connectivity index (χ1n) is 8.19. The number of aromatic amines is 1. The molecule has 0 bridgehead atoms. The highest BCUT2D eigenvalue weighted by Gasteiger charge is 2.37. The highest BCUT2D eigenvalue weighted by atomic mass is 19.4. The molecule has 0 saturated carbocycles. The van der Waals surface area contributed by atoms with Gasteiger partial charge in [0.15, 0.2) is 11.5 Å². The number of hydrogen-bond acceptors (Lipinski definition) is 6. The van der Waals surface area contributed by atoms with E-state index < -0.39 is 12.0 Å². The van der Waals surface area contributed by atoms with Crippen molar-refractivity contribution in [2.75, 3.05) is 29.9 Å². The van der Waals surface area contributed by atoms with Gasteiger partial charge in [0.25, 0.3) is 0 Å². The molecule has 26 heavy (non-hydrogen) atoms. The molecular formula is C16H16F3N7. The molecule has 0 amide bonds. The summed E-state index contributed by atoms with van der Waals surface area (Å²) in [7, 11) is 0. The zero-order valence-electron chi connectivity index (χ0n) is 13.7. The highest BCUT2D eigenvalue weighted by Crippen LogP contribution is 2.32. The van der Waals surface area contributed by atoms with E-state index in [1.54, 1.807) is 6.20 Å². The lowest BCUT2D eigenvalue weighted by Gasteiger charge is -2.19. The van der Waals surface area contributed by atoms with Crippen LogP contribution in [-0.4, -0.2) is 44.6 Å². The fraction of sp³-hybridized carbons (Fsp3) is 0.375. The first-order valence-corrected chi connectivity index (χ1v) is 8.19. The van der Waals surface area contributed by atoms with Crippen LogP contribution < -0.4 is 10.2 Å². The van der Waals surface area contributed by atoms with Gasteiger partial charge in [-0.05, 0) is 24.5 Å². The number of imidazole rings is 1. The number of pyridine rings is 1. The van der Waals surface area contributed by atoms with Gasteiger partial charge in [-0.3, -0.25) is 0 Å². The van der Waals surface area contributed by atoms with Gasteiger partial charge >= 0.3 is 6.18 Å². The largest absolute Gasteiger partial charge is 0.451 e. The smallest absolute Gasteiger partial charge is 0.370 e. The first-order chi connectivity index (χ1) is 12.5. The van der Waals surface area contributed by atoms with E-state index in [9.17, 15) is 13.2 Å². The number of halogens is 3. The molecule has 136 valence electrons. The third kappa shape index (κ3) is 3.26. The second-order valence-corrected chi connectivity index (χ2v) is 6.17. The summed E-state index contributed by atoms with van der Waals surface area (Å²) in [6, 6.07) is 5.61. The number of rotatable bonds is 4. The first kappa shape index (κ1) is 16.6. The maximum atomic E-state index is 13.1. The van der Waals surface area contributed by atoms with E-state index in [0.29, 0.717) is 25.2 Å². The maximum Gasteiger partial charge on any atom is 0.451 e. The van der Waals surface area contributed by atoms with Crippen LogP contribution in [0.25, 0.3) is 11.2 Å². The van der Waals surface area contributed by atoms with Gasteiger partial charge in [-0.25, -0.2) is 19.9 Å². The van der Waals surface area contributed by atoms with E-state index in [-0.39, 0.29) is 17.4 Å². The standard InChI is InChI=1S/C16H16F3N7/c17-16(18,19)15-24-13-12(22-9-23-13)14(25-15)26-6-4-10(8-26)7-21-11-3-1-2-5-20-11/h1-3,5,9-10H,4,6-8H2,(H,20,21)(H,22,23,24,25). The van der Waals surface area contributed by atoms with E-state index in [4.69, 9.17) is 0 Å². The van der Waals surface area contributed by atoms with Crippen LogP contribution in [0.2, 0.25) is 0 Å². The average Bonchev–Trinajstić information content (AvgIpc) is 3.28. The summed E-state index contributed by atoms with van der Waals surface area (Å²) in [5.41, 5.74) is 0.453. The molecule has 1 unspecified atom stereocenters. The normalized spacial score (nSPS) is 17.8. The Morgan fingerprint density at radius 1 is 1.23 bits per heavy atom. The van der Waals surface area contributed by atoms with Gasteiger partial charge in [0.05, 0.1) is 6.33 Å². The number of nitrogens with zero attached hydrogens (tertiary/aromatic N) is 5. The van der Waals surface area contributed by atoms with Crippen LogP contribution >= 0.6 is 0 Å². The number of fused-ring (bicyclic) bond motifs is 1. The van der Waals surface area contributed by atoms with E-state index in [1.807, 2.05) is 23.1 Å². The van der Waals surface area contributed by atoms with Gasteiger partial charge in [-0.1, -0.05) is 6.07 Å². The average molecular weight is 363 g/mol. The number of H-pyrrole nitrogens is 1. The summed E-state index contributed by atoms with van der Waals surface area (Å²) in [4.78, 5) is 20.0. The Balaban J connectivity index is 1.52. The van der Waals surface area contributed by atoms with Gasteiger partial charge in [0.1, 0.15) is 11.3 Å². The highest BCUT2D eigenvalue weighted by molar-refractivity contribution is 5.83. The van der Waals surface area contributed by atoms with Crippen LogP contribution in [0.3, 0.4) is 0 Å². The lowest BCUT2D eigenvalue weighted by atomic mass is 10.1. The minimum Gasteiger partial charge on any atom is -0.370 e. The molecule has 4 heterocycles. The zero-order chi connectivity index (χ0) is 18.1. The van der Waals surface area contributed by atoms with Crippen LogP contribution in [0.1, 0.15) is 12.2 Å².